The van der Waals surface area contributed by atoms with E-state index in [2.05, 4.69) is 37.4 Å². The van der Waals surface area contributed by atoms with E-state index >= 15 is 0 Å². The minimum atomic E-state index is -0.0879. The minimum Gasteiger partial charge on any atom is -0.497 e. The Bertz CT molecular complexity index is 1060. The Balaban J connectivity index is 1.36. The van der Waals surface area contributed by atoms with Crippen LogP contribution in [-0.2, 0) is 6.42 Å². The molecule has 1 fully saturated rings. The summed E-state index contributed by atoms with van der Waals surface area (Å²) in [5, 5.41) is 3.89. The van der Waals surface area contributed by atoms with Gasteiger partial charge in [0.25, 0.3) is 0 Å². The van der Waals surface area contributed by atoms with Gasteiger partial charge >= 0.3 is 6.03 Å². The second-order valence-electron chi connectivity index (χ2n) is 7.42. The van der Waals surface area contributed by atoms with Crippen molar-refractivity contribution in [3.8, 4) is 5.75 Å². The lowest BCUT2D eigenvalue weighted by atomic mass is 10.1. The number of carbonyl (C=O) groups excluding carboxylic acids is 1. The molecule has 0 aliphatic carbocycles. The molecule has 1 atom stereocenters. The van der Waals surface area contributed by atoms with E-state index in [4.69, 9.17) is 9.72 Å². The number of amides is 2. The molecule has 1 aromatic heterocycles. The summed E-state index contributed by atoms with van der Waals surface area (Å²) in [5.41, 5.74) is 1.89. The van der Waals surface area contributed by atoms with Crippen LogP contribution >= 0.6 is 27.5 Å². The van der Waals surface area contributed by atoms with E-state index < -0.39 is 0 Å². The van der Waals surface area contributed by atoms with Crippen LogP contribution in [0, 0.1) is 0 Å². The predicted octanol–water partition coefficient (Wildman–Crippen LogP) is 4.64. The van der Waals surface area contributed by atoms with Gasteiger partial charge in [0.05, 0.1) is 12.8 Å². The van der Waals surface area contributed by atoms with Crippen molar-refractivity contribution in [3.63, 3.8) is 0 Å². The zero-order chi connectivity index (χ0) is 21.8. The maximum absolute atomic E-state index is 12.8. The van der Waals surface area contributed by atoms with Crippen LogP contribution in [-0.4, -0.2) is 53.1 Å². The third-order valence-electron chi connectivity index (χ3n) is 5.23. The summed E-state index contributed by atoms with van der Waals surface area (Å²) in [6.45, 7) is 4.13. The molecule has 2 amide bonds. The summed E-state index contributed by atoms with van der Waals surface area (Å²) in [4.78, 5) is 21.6. The van der Waals surface area contributed by atoms with Crippen molar-refractivity contribution in [3.05, 3.63) is 64.4 Å². The van der Waals surface area contributed by atoms with Gasteiger partial charge in [-0.1, -0.05) is 24.3 Å². The normalized spacial score (nSPS) is 16.3. The number of methoxy groups -OCH3 is 1. The Kier molecular flexibility index (Phi) is 6.72. The highest BCUT2D eigenvalue weighted by molar-refractivity contribution is 9.10. The van der Waals surface area contributed by atoms with Gasteiger partial charge < -0.3 is 19.9 Å². The van der Waals surface area contributed by atoms with E-state index in [1.165, 1.54) is 11.5 Å². The van der Waals surface area contributed by atoms with Crippen LogP contribution in [0.1, 0.15) is 18.3 Å². The zero-order valence-electron chi connectivity index (χ0n) is 17.4. The molecule has 2 aromatic carbocycles. The number of ether oxygens (including phenoxy) is 1. The second-order valence-corrected chi connectivity index (χ2v) is 9.00. The molecule has 2 heterocycles. The van der Waals surface area contributed by atoms with Crippen molar-refractivity contribution >= 4 is 44.3 Å². The summed E-state index contributed by atoms with van der Waals surface area (Å²) >= 11 is 4.89. The number of anilines is 2. The Hall–Kier alpha value is -2.65. The number of aromatic nitrogens is 2. The molecule has 1 N–H and O–H groups in total. The molecule has 162 valence electrons. The molecule has 0 saturated carbocycles. The number of carbonyl (C=O) groups is 1. The highest BCUT2D eigenvalue weighted by Crippen LogP contribution is 2.25. The molecule has 7 nitrogen and oxygen atoms in total. The maximum Gasteiger partial charge on any atom is 0.322 e. The fourth-order valence-corrected chi connectivity index (χ4v) is 4.70. The number of urea groups is 1. The smallest absolute Gasteiger partial charge is 0.322 e. The molecule has 3 aromatic rings. The molecule has 9 heteroatoms. The maximum atomic E-state index is 12.8. The van der Waals surface area contributed by atoms with Crippen molar-refractivity contribution in [1.82, 2.24) is 14.3 Å². The number of para-hydroxylation sites is 1. The first-order chi connectivity index (χ1) is 15.0. The molecule has 0 radical (unpaired) electrons. The molecular weight excluding hydrogens is 478 g/mol. The van der Waals surface area contributed by atoms with Crippen molar-refractivity contribution in [2.24, 2.45) is 0 Å². The van der Waals surface area contributed by atoms with Gasteiger partial charge in [-0.2, -0.15) is 4.37 Å². The Morgan fingerprint density at radius 1 is 1.26 bits per heavy atom. The zero-order valence-corrected chi connectivity index (χ0v) is 19.8. The van der Waals surface area contributed by atoms with Crippen molar-refractivity contribution in [2.75, 3.05) is 37.0 Å². The van der Waals surface area contributed by atoms with Crippen LogP contribution < -0.4 is 15.0 Å². The average molecular weight is 502 g/mol. The van der Waals surface area contributed by atoms with Gasteiger partial charge in [0, 0.05) is 48.1 Å². The topological polar surface area (TPSA) is 70.6 Å². The monoisotopic (exact) mass is 501 g/mol. The lowest BCUT2D eigenvalue weighted by Crippen LogP contribution is -2.55. The van der Waals surface area contributed by atoms with Gasteiger partial charge in [-0.3, -0.25) is 0 Å². The van der Waals surface area contributed by atoms with Gasteiger partial charge in [0.1, 0.15) is 11.6 Å². The number of halogens is 1. The van der Waals surface area contributed by atoms with Crippen LogP contribution in [0.3, 0.4) is 0 Å². The average Bonchev–Trinajstić information content (AvgIpc) is 3.23. The van der Waals surface area contributed by atoms with Crippen molar-refractivity contribution in [1.29, 1.82) is 0 Å². The number of nitrogens with zero attached hydrogens (tertiary/aromatic N) is 4. The largest absolute Gasteiger partial charge is 0.497 e. The fourth-order valence-electron chi connectivity index (χ4n) is 3.59. The SMILES string of the molecule is COc1cccc(Cc2nsc(N3CCN(C(=O)Nc4ccccc4Br)C(C)C3)n2)c1. The number of hydrogen-bond acceptors (Lipinski definition) is 6. The Morgan fingerprint density at radius 2 is 2.10 bits per heavy atom. The van der Waals surface area contributed by atoms with Crippen LogP contribution in [0.15, 0.2) is 53.0 Å². The standard InChI is InChI=1S/C22H24BrN5O2S/c1-15-14-27(10-11-28(15)21(29)24-19-9-4-3-8-18(19)23)22-25-20(26-31-22)13-16-6-5-7-17(12-16)30-2/h3-9,12,15H,10-11,13-14H2,1-2H3,(H,24,29). The summed E-state index contributed by atoms with van der Waals surface area (Å²) in [5.74, 6) is 1.63. The molecule has 31 heavy (non-hydrogen) atoms. The summed E-state index contributed by atoms with van der Waals surface area (Å²) in [7, 11) is 1.66. The lowest BCUT2D eigenvalue weighted by Gasteiger charge is -2.39. The number of piperazine rings is 1. The third kappa shape index (κ3) is 5.16. The van der Waals surface area contributed by atoms with Crippen molar-refractivity contribution in [2.45, 2.75) is 19.4 Å². The highest BCUT2D eigenvalue weighted by atomic mass is 79.9. The van der Waals surface area contributed by atoms with Gasteiger partial charge in [0.15, 0.2) is 0 Å². The molecule has 1 aliphatic rings. The molecule has 1 saturated heterocycles. The van der Waals surface area contributed by atoms with E-state index in [1.807, 2.05) is 53.4 Å². The first-order valence-corrected chi connectivity index (χ1v) is 11.6. The van der Waals surface area contributed by atoms with Crippen molar-refractivity contribution < 1.29 is 9.53 Å². The molecule has 1 aliphatic heterocycles. The van der Waals surface area contributed by atoms with Crippen LogP contribution in [0.2, 0.25) is 0 Å². The Labute approximate surface area is 194 Å². The van der Waals surface area contributed by atoms with Gasteiger partial charge in [-0.15, -0.1) is 0 Å². The van der Waals surface area contributed by atoms with E-state index in [-0.39, 0.29) is 12.1 Å². The van der Waals surface area contributed by atoms with Crippen LogP contribution in [0.25, 0.3) is 0 Å². The molecule has 0 spiro atoms. The van der Waals surface area contributed by atoms with E-state index in [0.29, 0.717) is 13.0 Å². The third-order valence-corrected chi connectivity index (χ3v) is 6.73. The summed E-state index contributed by atoms with van der Waals surface area (Å²) in [6.07, 6.45) is 0.664. The van der Waals surface area contributed by atoms with Gasteiger partial charge in [-0.05, 0) is 52.7 Å². The molecule has 1 unspecified atom stereocenters. The van der Waals surface area contributed by atoms with Crippen LogP contribution in [0.4, 0.5) is 15.6 Å². The minimum absolute atomic E-state index is 0.0574. The predicted molar refractivity (Wildman–Crippen MR) is 127 cm³/mol. The van der Waals surface area contributed by atoms with Crippen LogP contribution in [0.5, 0.6) is 5.75 Å². The Morgan fingerprint density at radius 3 is 2.87 bits per heavy atom. The number of hydrogen-bond donors (Lipinski definition) is 1. The number of rotatable bonds is 5. The summed E-state index contributed by atoms with van der Waals surface area (Å²) < 4.78 is 10.7. The molecular formula is C22H24BrN5O2S. The summed E-state index contributed by atoms with van der Waals surface area (Å²) in [6, 6.07) is 15.5. The quantitative estimate of drug-likeness (QED) is 0.551. The van der Waals surface area contributed by atoms with Gasteiger partial charge in [-0.25, -0.2) is 9.78 Å². The lowest BCUT2D eigenvalue weighted by molar-refractivity contribution is 0.185. The fraction of sp³-hybridized carbons (Fsp3) is 0.318. The number of benzene rings is 2. The molecule has 4 rings (SSSR count). The first-order valence-electron chi connectivity index (χ1n) is 10.1. The van der Waals surface area contributed by atoms with Gasteiger partial charge in [0.2, 0.25) is 5.13 Å². The second kappa shape index (κ2) is 9.65. The first kappa shape index (κ1) is 21.6. The highest BCUT2D eigenvalue weighted by Gasteiger charge is 2.29. The number of nitrogens with one attached hydrogen (secondary N) is 1. The molecule has 0 bridgehead atoms. The van der Waals surface area contributed by atoms with E-state index in [9.17, 15) is 4.79 Å². The van der Waals surface area contributed by atoms with E-state index in [0.717, 1.165) is 45.5 Å². The van der Waals surface area contributed by atoms with E-state index in [1.54, 1.807) is 7.11 Å².